The summed E-state index contributed by atoms with van der Waals surface area (Å²) in [6.07, 6.45) is 6.19. The second-order valence-corrected chi connectivity index (χ2v) is 6.37. The van der Waals surface area contributed by atoms with Crippen molar-refractivity contribution < 1.29 is 9.47 Å². The van der Waals surface area contributed by atoms with Crippen LogP contribution in [0.15, 0.2) is 23.2 Å². The Hall–Kier alpha value is -1.18. The van der Waals surface area contributed by atoms with Crippen LogP contribution in [0, 0.1) is 0 Å². The SMILES string of the molecule is CCNC(=NC)NCC1(c2ccc(OC)c(OC)c2)CCCCC1.I. The van der Waals surface area contributed by atoms with Crippen LogP contribution in [0.2, 0.25) is 0 Å². The van der Waals surface area contributed by atoms with Crippen molar-refractivity contribution in [3.8, 4) is 11.5 Å². The minimum absolute atomic E-state index is 0. The van der Waals surface area contributed by atoms with E-state index in [9.17, 15) is 0 Å². The number of guanidine groups is 1. The van der Waals surface area contributed by atoms with Gasteiger partial charge in [-0.3, -0.25) is 4.99 Å². The highest BCUT2D eigenvalue weighted by Gasteiger charge is 2.34. The Labute approximate surface area is 169 Å². The molecule has 142 valence electrons. The standard InChI is InChI=1S/C19H31N3O2.HI/c1-5-21-18(20-2)22-14-19(11-7-6-8-12-19)15-9-10-16(23-3)17(13-15)24-4;/h9-10,13H,5-8,11-12,14H2,1-4H3,(H2,20,21,22);1H. The Morgan fingerprint density at radius 2 is 1.76 bits per heavy atom. The summed E-state index contributed by atoms with van der Waals surface area (Å²) in [5.74, 6) is 2.45. The summed E-state index contributed by atoms with van der Waals surface area (Å²) in [5.41, 5.74) is 1.43. The number of methoxy groups -OCH3 is 2. The molecule has 1 aliphatic rings. The third kappa shape index (κ3) is 5.39. The van der Waals surface area contributed by atoms with Crippen molar-refractivity contribution in [3.05, 3.63) is 23.8 Å². The van der Waals surface area contributed by atoms with Crippen LogP contribution in [0.4, 0.5) is 0 Å². The topological polar surface area (TPSA) is 54.9 Å². The van der Waals surface area contributed by atoms with E-state index in [1.807, 2.05) is 13.1 Å². The zero-order valence-electron chi connectivity index (χ0n) is 15.9. The Morgan fingerprint density at radius 3 is 2.32 bits per heavy atom. The predicted octanol–water partition coefficient (Wildman–Crippen LogP) is 3.71. The molecule has 0 saturated heterocycles. The highest BCUT2D eigenvalue weighted by atomic mass is 127. The normalized spacial score (nSPS) is 16.6. The number of hydrogen-bond donors (Lipinski definition) is 2. The average molecular weight is 461 g/mol. The van der Waals surface area contributed by atoms with Gasteiger partial charge in [-0.1, -0.05) is 25.3 Å². The molecule has 2 rings (SSSR count). The number of nitrogens with one attached hydrogen (secondary N) is 2. The van der Waals surface area contributed by atoms with Crippen LogP contribution in [0.1, 0.15) is 44.6 Å². The second kappa shape index (κ2) is 10.7. The van der Waals surface area contributed by atoms with E-state index in [-0.39, 0.29) is 29.4 Å². The lowest BCUT2D eigenvalue weighted by atomic mass is 9.69. The van der Waals surface area contributed by atoms with E-state index >= 15 is 0 Å². The Kier molecular flexibility index (Phi) is 9.38. The third-order valence-corrected chi connectivity index (χ3v) is 4.97. The molecule has 1 fully saturated rings. The van der Waals surface area contributed by atoms with Gasteiger partial charge in [0.05, 0.1) is 14.2 Å². The van der Waals surface area contributed by atoms with Gasteiger partial charge in [-0.05, 0) is 37.5 Å². The van der Waals surface area contributed by atoms with E-state index in [2.05, 4.69) is 34.7 Å². The van der Waals surface area contributed by atoms with Crippen molar-refractivity contribution in [2.24, 2.45) is 4.99 Å². The molecule has 0 aromatic heterocycles. The molecule has 0 unspecified atom stereocenters. The summed E-state index contributed by atoms with van der Waals surface area (Å²) < 4.78 is 10.9. The van der Waals surface area contributed by atoms with Crippen LogP contribution in [0.5, 0.6) is 11.5 Å². The zero-order chi connectivity index (χ0) is 17.4. The van der Waals surface area contributed by atoms with Crippen molar-refractivity contribution in [3.63, 3.8) is 0 Å². The largest absolute Gasteiger partial charge is 0.493 e. The lowest BCUT2D eigenvalue weighted by Crippen LogP contribution is -2.46. The number of nitrogens with zero attached hydrogens (tertiary/aromatic N) is 1. The lowest BCUT2D eigenvalue weighted by molar-refractivity contribution is 0.288. The first kappa shape index (κ1) is 21.9. The van der Waals surface area contributed by atoms with Gasteiger partial charge in [0.25, 0.3) is 0 Å². The van der Waals surface area contributed by atoms with Gasteiger partial charge >= 0.3 is 0 Å². The highest BCUT2D eigenvalue weighted by Crippen LogP contribution is 2.42. The molecule has 1 aliphatic carbocycles. The van der Waals surface area contributed by atoms with Gasteiger partial charge in [-0.2, -0.15) is 0 Å². The van der Waals surface area contributed by atoms with Crippen LogP contribution < -0.4 is 20.1 Å². The van der Waals surface area contributed by atoms with E-state index in [0.717, 1.165) is 30.5 Å². The van der Waals surface area contributed by atoms with Crippen molar-refractivity contribution in [2.75, 3.05) is 34.4 Å². The molecule has 0 amide bonds. The monoisotopic (exact) mass is 461 g/mol. The molecule has 0 aliphatic heterocycles. The molecule has 5 nitrogen and oxygen atoms in total. The molecule has 0 spiro atoms. The first-order valence-electron chi connectivity index (χ1n) is 8.86. The Bertz CT molecular complexity index is 558. The van der Waals surface area contributed by atoms with E-state index in [4.69, 9.17) is 9.47 Å². The van der Waals surface area contributed by atoms with Crippen LogP contribution in [0.3, 0.4) is 0 Å². The van der Waals surface area contributed by atoms with Gasteiger partial charge < -0.3 is 20.1 Å². The predicted molar refractivity (Wildman–Crippen MR) is 115 cm³/mol. The molecule has 1 saturated carbocycles. The maximum Gasteiger partial charge on any atom is 0.190 e. The minimum atomic E-state index is 0. The summed E-state index contributed by atoms with van der Waals surface area (Å²) in [4.78, 5) is 4.30. The molecule has 2 N–H and O–H groups in total. The van der Waals surface area contributed by atoms with E-state index in [1.54, 1.807) is 14.2 Å². The fourth-order valence-electron chi connectivity index (χ4n) is 3.60. The van der Waals surface area contributed by atoms with Gasteiger partial charge in [-0.15, -0.1) is 24.0 Å². The smallest absolute Gasteiger partial charge is 0.190 e. The number of ether oxygens (including phenoxy) is 2. The average Bonchev–Trinajstić information content (AvgIpc) is 2.65. The fraction of sp³-hybridized carbons (Fsp3) is 0.632. The maximum atomic E-state index is 5.52. The van der Waals surface area contributed by atoms with Crippen LogP contribution in [-0.4, -0.2) is 40.3 Å². The van der Waals surface area contributed by atoms with Crippen molar-refractivity contribution >= 4 is 29.9 Å². The van der Waals surface area contributed by atoms with Crippen molar-refractivity contribution in [1.82, 2.24) is 10.6 Å². The third-order valence-electron chi connectivity index (χ3n) is 4.97. The van der Waals surface area contributed by atoms with E-state index < -0.39 is 0 Å². The maximum absolute atomic E-state index is 5.52. The highest BCUT2D eigenvalue weighted by molar-refractivity contribution is 14.0. The molecule has 0 heterocycles. The van der Waals surface area contributed by atoms with Gasteiger partial charge in [0, 0.05) is 25.6 Å². The van der Waals surface area contributed by atoms with Gasteiger partial charge in [-0.25, -0.2) is 0 Å². The molecule has 25 heavy (non-hydrogen) atoms. The molecule has 0 radical (unpaired) electrons. The van der Waals surface area contributed by atoms with Crippen LogP contribution >= 0.6 is 24.0 Å². The van der Waals surface area contributed by atoms with Crippen LogP contribution in [0.25, 0.3) is 0 Å². The summed E-state index contributed by atoms with van der Waals surface area (Å²) in [5, 5.41) is 6.79. The number of benzene rings is 1. The summed E-state index contributed by atoms with van der Waals surface area (Å²) >= 11 is 0. The number of rotatable bonds is 6. The van der Waals surface area contributed by atoms with E-state index in [0.29, 0.717) is 0 Å². The first-order valence-corrected chi connectivity index (χ1v) is 8.86. The van der Waals surface area contributed by atoms with Crippen LogP contribution in [-0.2, 0) is 5.41 Å². The lowest BCUT2D eigenvalue weighted by Gasteiger charge is -2.38. The fourth-order valence-corrected chi connectivity index (χ4v) is 3.60. The number of halogens is 1. The van der Waals surface area contributed by atoms with Crippen molar-refractivity contribution in [2.45, 2.75) is 44.4 Å². The van der Waals surface area contributed by atoms with Crippen molar-refractivity contribution in [1.29, 1.82) is 0 Å². The molecule has 1 aromatic carbocycles. The quantitative estimate of drug-likeness (QED) is 0.386. The Morgan fingerprint density at radius 1 is 1.08 bits per heavy atom. The van der Waals surface area contributed by atoms with E-state index in [1.165, 1.54) is 37.7 Å². The van der Waals surface area contributed by atoms with Gasteiger partial charge in [0.2, 0.25) is 0 Å². The molecule has 6 heteroatoms. The summed E-state index contributed by atoms with van der Waals surface area (Å²) in [6.45, 7) is 3.82. The molecule has 0 bridgehead atoms. The minimum Gasteiger partial charge on any atom is -0.493 e. The summed E-state index contributed by atoms with van der Waals surface area (Å²) in [6, 6.07) is 6.34. The Balaban J connectivity index is 0.00000312. The van der Waals surface area contributed by atoms with Gasteiger partial charge in [0.1, 0.15) is 0 Å². The molecule has 1 aromatic rings. The van der Waals surface area contributed by atoms with Gasteiger partial charge in [0.15, 0.2) is 17.5 Å². The molecular weight excluding hydrogens is 429 g/mol. The first-order chi connectivity index (χ1) is 11.7. The summed E-state index contributed by atoms with van der Waals surface area (Å²) in [7, 11) is 5.19. The molecule has 0 atom stereocenters. The number of hydrogen-bond acceptors (Lipinski definition) is 3. The molecular formula is C19H32IN3O2. The number of aliphatic imine (C=N–C) groups is 1. The zero-order valence-corrected chi connectivity index (χ0v) is 18.2. The second-order valence-electron chi connectivity index (χ2n) is 6.37.